The van der Waals surface area contributed by atoms with Crippen LogP contribution in [0.25, 0.3) is 0 Å². The summed E-state index contributed by atoms with van der Waals surface area (Å²) in [6.07, 6.45) is 9.67. The normalized spacial score (nSPS) is 17.0. The zero-order valence-electron chi connectivity index (χ0n) is 13.1. The molecular formula is C16H25FN4O. The van der Waals surface area contributed by atoms with E-state index in [4.69, 9.17) is 0 Å². The molecule has 0 aromatic carbocycles. The molecule has 2 N–H and O–H groups in total. The minimum Gasteiger partial charge on any atom is -0.367 e. The average molecular weight is 308 g/mol. The Balaban J connectivity index is 1.86. The van der Waals surface area contributed by atoms with Gasteiger partial charge >= 0.3 is 0 Å². The molecule has 0 radical (unpaired) electrons. The van der Waals surface area contributed by atoms with Crippen molar-refractivity contribution in [2.75, 3.05) is 17.2 Å². The van der Waals surface area contributed by atoms with E-state index in [1.807, 2.05) is 6.92 Å². The largest absolute Gasteiger partial charge is 0.367 e. The molecular weight excluding hydrogens is 283 g/mol. The van der Waals surface area contributed by atoms with Crippen LogP contribution in [0.3, 0.4) is 0 Å². The van der Waals surface area contributed by atoms with Crippen LogP contribution in [0.2, 0.25) is 0 Å². The van der Waals surface area contributed by atoms with Crippen LogP contribution in [0.15, 0.2) is 6.33 Å². The van der Waals surface area contributed by atoms with E-state index in [9.17, 15) is 9.18 Å². The van der Waals surface area contributed by atoms with Crippen LogP contribution < -0.4 is 10.6 Å². The van der Waals surface area contributed by atoms with E-state index in [0.717, 1.165) is 32.0 Å². The molecule has 1 aromatic rings. The molecule has 5 nitrogen and oxygen atoms in total. The highest BCUT2D eigenvalue weighted by atomic mass is 19.1. The predicted molar refractivity (Wildman–Crippen MR) is 85.4 cm³/mol. The van der Waals surface area contributed by atoms with Crippen LogP contribution in [-0.4, -0.2) is 28.8 Å². The molecule has 1 aromatic heterocycles. The smallest absolute Gasteiger partial charge is 0.207 e. The van der Waals surface area contributed by atoms with Crippen molar-refractivity contribution in [3.8, 4) is 0 Å². The lowest BCUT2D eigenvalue weighted by atomic mass is 9.95. The van der Waals surface area contributed by atoms with E-state index in [1.165, 1.54) is 25.6 Å². The molecule has 1 aliphatic carbocycles. The summed E-state index contributed by atoms with van der Waals surface area (Å²) in [4.78, 5) is 18.5. The average Bonchev–Trinajstić information content (AvgIpc) is 2.55. The number of halogens is 1. The lowest BCUT2D eigenvalue weighted by molar-refractivity contribution is -0.110. The minimum atomic E-state index is -0.420. The Morgan fingerprint density at radius 1 is 1.32 bits per heavy atom. The maximum Gasteiger partial charge on any atom is 0.207 e. The Bertz CT molecular complexity index is 477. The second kappa shape index (κ2) is 8.66. The van der Waals surface area contributed by atoms with Gasteiger partial charge in [0.2, 0.25) is 5.82 Å². The van der Waals surface area contributed by atoms with Crippen molar-refractivity contribution in [2.24, 2.45) is 5.92 Å². The standard InChI is InChI=1S/C16H25FN4O/c1-12(10-22)6-5-9-18-15-14(17)16(20-11-19-15)21-13-7-3-2-4-8-13/h10-13H,2-9H2,1H3,(H2,18,19,20,21). The third kappa shape index (κ3) is 4.93. The van der Waals surface area contributed by atoms with Gasteiger partial charge in [-0.1, -0.05) is 26.2 Å². The molecule has 2 rings (SSSR count). The molecule has 0 spiro atoms. The zero-order valence-corrected chi connectivity index (χ0v) is 13.1. The van der Waals surface area contributed by atoms with E-state index in [2.05, 4.69) is 20.6 Å². The molecule has 1 fully saturated rings. The van der Waals surface area contributed by atoms with Crippen molar-refractivity contribution in [3.05, 3.63) is 12.1 Å². The van der Waals surface area contributed by atoms with Crippen LogP contribution in [0.1, 0.15) is 51.9 Å². The number of aldehydes is 1. The first-order valence-corrected chi connectivity index (χ1v) is 8.17. The monoisotopic (exact) mass is 308 g/mol. The van der Waals surface area contributed by atoms with Crippen molar-refractivity contribution in [1.29, 1.82) is 0 Å². The SMILES string of the molecule is CC(C=O)CCCNc1ncnc(NC2CCCCC2)c1F. The lowest BCUT2D eigenvalue weighted by Crippen LogP contribution is -2.24. The number of nitrogens with one attached hydrogen (secondary N) is 2. The molecule has 1 atom stereocenters. The first-order valence-electron chi connectivity index (χ1n) is 8.17. The minimum absolute atomic E-state index is 0.0422. The summed E-state index contributed by atoms with van der Waals surface area (Å²) in [6.45, 7) is 2.47. The summed E-state index contributed by atoms with van der Waals surface area (Å²) in [7, 11) is 0. The number of carbonyl (C=O) groups excluding carboxylic acids is 1. The summed E-state index contributed by atoms with van der Waals surface area (Å²) < 4.78 is 14.4. The van der Waals surface area contributed by atoms with Gasteiger partial charge in [0.15, 0.2) is 11.6 Å². The second-order valence-electron chi connectivity index (χ2n) is 6.05. The van der Waals surface area contributed by atoms with Gasteiger partial charge in [0, 0.05) is 18.5 Å². The van der Waals surface area contributed by atoms with Gasteiger partial charge in [-0.25, -0.2) is 9.97 Å². The molecule has 1 unspecified atom stereocenters. The summed E-state index contributed by atoms with van der Waals surface area (Å²) in [5.74, 6) is 0.134. The van der Waals surface area contributed by atoms with Crippen LogP contribution >= 0.6 is 0 Å². The van der Waals surface area contributed by atoms with Gasteiger partial charge in [0.05, 0.1) is 0 Å². The fraction of sp³-hybridized carbons (Fsp3) is 0.688. The summed E-state index contributed by atoms with van der Waals surface area (Å²) in [5.41, 5.74) is 0. The summed E-state index contributed by atoms with van der Waals surface area (Å²) in [5, 5.41) is 6.18. The highest BCUT2D eigenvalue weighted by molar-refractivity contribution is 5.52. The Hall–Kier alpha value is -1.72. The summed E-state index contributed by atoms with van der Waals surface area (Å²) >= 11 is 0. The Labute approximate surface area is 131 Å². The number of hydrogen-bond acceptors (Lipinski definition) is 5. The Morgan fingerprint density at radius 2 is 2.05 bits per heavy atom. The first kappa shape index (κ1) is 16.6. The van der Waals surface area contributed by atoms with E-state index in [-0.39, 0.29) is 17.6 Å². The fourth-order valence-electron chi connectivity index (χ4n) is 2.73. The Morgan fingerprint density at radius 3 is 2.77 bits per heavy atom. The Kier molecular flexibility index (Phi) is 6.55. The number of aromatic nitrogens is 2. The number of anilines is 2. The highest BCUT2D eigenvalue weighted by Gasteiger charge is 2.17. The van der Waals surface area contributed by atoms with E-state index in [0.29, 0.717) is 12.6 Å². The molecule has 1 heterocycles. The van der Waals surface area contributed by atoms with Crippen molar-refractivity contribution < 1.29 is 9.18 Å². The third-order valence-corrected chi connectivity index (χ3v) is 4.10. The van der Waals surface area contributed by atoms with Gasteiger partial charge in [0.25, 0.3) is 0 Å². The van der Waals surface area contributed by atoms with Gasteiger partial charge in [0.1, 0.15) is 12.6 Å². The zero-order chi connectivity index (χ0) is 15.8. The predicted octanol–water partition coefficient (Wildman–Crippen LogP) is 3.39. The fourth-order valence-corrected chi connectivity index (χ4v) is 2.73. The molecule has 0 aliphatic heterocycles. The van der Waals surface area contributed by atoms with Crippen molar-refractivity contribution >= 4 is 17.9 Å². The van der Waals surface area contributed by atoms with Crippen LogP contribution in [-0.2, 0) is 4.79 Å². The van der Waals surface area contributed by atoms with E-state index >= 15 is 0 Å². The molecule has 0 amide bonds. The molecule has 6 heteroatoms. The molecule has 0 saturated heterocycles. The number of rotatable bonds is 8. The van der Waals surface area contributed by atoms with Crippen LogP contribution in [0.5, 0.6) is 0 Å². The summed E-state index contributed by atoms with van der Waals surface area (Å²) in [6, 6.07) is 0.305. The number of carbonyl (C=O) groups is 1. The number of hydrogen-bond donors (Lipinski definition) is 2. The van der Waals surface area contributed by atoms with Crippen molar-refractivity contribution in [1.82, 2.24) is 9.97 Å². The maximum absolute atomic E-state index is 14.4. The third-order valence-electron chi connectivity index (χ3n) is 4.10. The molecule has 22 heavy (non-hydrogen) atoms. The second-order valence-corrected chi connectivity index (χ2v) is 6.05. The number of nitrogens with zero attached hydrogens (tertiary/aromatic N) is 2. The maximum atomic E-state index is 14.4. The van der Waals surface area contributed by atoms with Crippen molar-refractivity contribution in [3.63, 3.8) is 0 Å². The van der Waals surface area contributed by atoms with Crippen LogP contribution in [0, 0.1) is 11.7 Å². The topological polar surface area (TPSA) is 66.9 Å². The highest BCUT2D eigenvalue weighted by Crippen LogP contribution is 2.24. The van der Waals surface area contributed by atoms with Crippen LogP contribution in [0.4, 0.5) is 16.0 Å². The molecule has 122 valence electrons. The van der Waals surface area contributed by atoms with E-state index < -0.39 is 5.82 Å². The quantitative estimate of drug-likeness (QED) is 0.569. The van der Waals surface area contributed by atoms with Gasteiger partial charge in [-0.2, -0.15) is 4.39 Å². The van der Waals surface area contributed by atoms with Gasteiger partial charge < -0.3 is 15.4 Å². The first-order chi connectivity index (χ1) is 10.7. The lowest BCUT2D eigenvalue weighted by Gasteiger charge is -2.23. The molecule has 1 saturated carbocycles. The molecule has 0 bridgehead atoms. The van der Waals surface area contributed by atoms with Crippen molar-refractivity contribution in [2.45, 2.75) is 57.9 Å². The van der Waals surface area contributed by atoms with Gasteiger partial charge in [-0.05, 0) is 25.7 Å². The van der Waals surface area contributed by atoms with Gasteiger partial charge in [-0.3, -0.25) is 0 Å². The van der Waals surface area contributed by atoms with E-state index in [1.54, 1.807) is 0 Å². The van der Waals surface area contributed by atoms with Gasteiger partial charge in [-0.15, -0.1) is 0 Å². The molecule has 1 aliphatic rings.